The van der Waals surface area contributed by atoms with Crippen LogP contribution in [-0.2, 0) is 9.59 Å². The zero-order valence-corrected chi connectivity index (χ0v) is 17.3. The second kappa shape index (κ2) is 9.99. The molecule has 2 amide bonds. The van der Waals surface area contributed by atoms with E-state index in [1.54, 1.807) is 24.1 Å². The number of carbonyl (C=O) groups is 2. The smallest absolute Gasteiger partial charge is 0.269 e. The predicted molar refractivity (Wildman–Crippen MR) is 113 cm³/mol. The molecule has 9 heteroatoms. The van der Waals surface area contributed by atoms with E-state index in [-0.39, 0.29) is 30.6 Å². The molecule has 0 spiro atoms. The summed E-state index contributed by atoms with van der Waals surface area (Å²) in [6, 6.07) is 11.0. The first-order valence-electron chi connectivity index (χ1n) is 9.00. The lowest BCUT2D eigenvalue weighted by molar-refractivity contribution is -0.384. The molecule has 0 bridgehead atoms. The molecule has 2 aromatic rings. The van der Waals surface area contributed by atoms with E-state index in [1.165, 1.54) is 29.2 Å². The lowest BCUT2D eigenvalue weighted by atomic mass is 10.2. The van der Waals surface area contributed by atoms with Gasteiger partial charge in [-0.3, -0.25) is 24.6 Å². The lowest BCUT2D eigenvalue weighted by Crippen LogP contribution is -2.41. The Morgan fingerprint density at radius 1 is 1.14 bits per heavy atom. The van der Waals surface area contributed by atoms with Crippen molar-refractivity contribution in [3.05, 3.63) is 63.2 Å². The number of nitro groups is 1. The number of nitrogens with zero attached hydrogens (tertiary/aromatic N) is 3. The maximum absolute atomic E-state index is 12.6. The maximum Gasteiger partial charge on any atom is 0.269 e. The second-order valence-corrected chi connectivity index (χ2v) is 6.97. The number of nitrogens with one attached hydrogen (secondary N) is 1. The molecule has 0 aromatic heterocycles. The Labute approximate surface area is 174 Å². The van der Waals surface area contributed by atoms with Gasteiger partial charge >= 0.3 is 0 Å². The van der Waals surface area contributed by atoms with Crippen LogP contribution in [0.3, 0.4) is 0 Å². The van der Waals surface area contributed by atoms with E-state index in [0.717, 1.165) is 5.56 Å². The first-order valence-corrected chi connectivity index (χ1v) is 9.38. The molecule has 0 heterocycles. The van der Waals surface area contributed by atoms with Crippen molar-refractivity contribution >= 4 is 40.5 Å². The summed E-state index contributed by atoms with van der Waals surface area (Å²) in [5, 5.41) is 14.1. The van der Waals surface area contributed by atoms with E-state index in [0.29, 0.717) is 22.9 Å². The standard InChI is InChI=1S/C20H23ClN4O4/c1-4-24(12-19(26)22-18-11-15(21)6-5-14(18)2)13-20(27)23(3)16-7-9-17(10-8-16)25(28)29/h5-11H,4,12-13H2,1-3H3,(H,22,26). The van der Waals surface area contributed by atoms with Crippen molar-refractivity contribution in [3.63, 3.8) is 0 Å². The quantitative estimate of drug-likeness (QED) is 0.523. The number of aryl methyl sites for hydroxylation is 1. The Balaban J connectivity index is 1.97. The average molecular weight is 419 g/mol. The second-order valence-electron chi connectivity index (χ2n) is 6.54. The lowest BCUT2D eigenvalue weighted by Gasteiger charge is -2.23. The highest BCUT2D eigenvalue weighted by molar-refractivity contribution is 6.31. The van der Waals surface area contributed by atoms with Gasteiger partial charge in [0.25, 0.3) is 5.69 Å². The highest BCUT2D eigenvalue weighted by Crippen LogP contribution is 2.20. The summed E-state index contributed by atoms with van der Waals surface area (Å²) in [4.78, 5) is 38.3. The zero-order valence-electron chi connectivity index (χ0n) is 16.5. The number of hydrogen-bond acceptors (Lipinski definition) is 5. The van der Waals surface area contributed by atoms with Crippen LogP contribution in [0.4, 0.5) is 17.1 Å². The first kappa shape index (κ1) is 22.3. The van der Waals surface area contributed by atoms with E-state index in [4.69, 9.17) is 11.6 Å². The summed E-state index contributed by atoms with van der Waals surface area (Å²) < 4.78 is 0. The predicted octanol–water partition coefficient (Wildman–Crippen LogP) is 3.48. The molecule has 0 radical (unpaired) electrons. The number of rotatable bonds is 8. The molecule has 2 rings (SSSR count). The van der Waals surface area contributed by atoms with Crippen LogP contribution in [-0.4, -0.2) is 48.3 Å². The van der Waals surface area contributed by atoms with Crippen LogP contribution in [0.2, 0.25) is 5.02 Å². The Kier molecular flexibility index (Phi) is 7.69. The fourth-order valence-electron chi connectivity index (χ4n) is 2.64. The van der Waals surface area contributed by atoms with Crippen molar-refractivity contribution in [3.8, 4) is 0 Å². The molecule has 0 saturated heterocycles. The summed E-state index contributed by atoms with van der Waals surface area (Å²) in [6.07, 6.45) is 0. The maximum atomic E-state index is 12.6. The number of likely N-dealkylation sites (N-methyl/N-ethyl adjacent to an activating group) is 2. The van der Waals surface area contributed by atoms with E-state index in [1.807, 2.05) is 19.9 Å². The van der Waals surface area contributed by atoms with Crippen LogP contribution in [0.5, 0.6) is 0 Å². The third-order valence-corrected chi connectivity index (χ3v) is 4.70. The molecular weight excluding hydrogens is 396 g/mol. The Hall–Kier alpha value is -2.97. The minimum atomic E-state index is -0.495. The molecule has 1 N–H and O–H groups in total. The van der Waals surface area contributed by atoms with Gasteiger partial charge in [0.05, 0.1) is 18.0 Å². The molecule has 0 atom stereocenters. The van der Waals surface area contributed by atoms with Gasteiger partial charge in [-0.2, -0.15) is 0 Å². The fourth-order valence-corrected chi connectivity index (χ4v) is 2.81. The summed E-state index contributed by atoms with van der Waals surface area (Å²) >= 11 is 5.97. The number of non-ortho nitro benzene ring substituents is 1. The first-order chi connectivity index (χ1) is 13.7. The van der Waals surface area contributed by atoms with Crippen LogP contribution in [0.1, 0.15) is 12.5 Å². The Morgan fingerprint density at radius 3 is 2.38 bits per heavy atom. The van der Waals surface area contributed by atoms with Gasteiger partial charge in [-0.25, -0.2) is 0 Å². The molecule has 0 aliphatic rings. The van der Waals surface area contributed by atoms with Gasteiger partial charge < -0.3 is 10.2 Å². The average Bonchev–Trinajstić information content (AvgIpc) is 2.69. The molecule has 154 valence electrons. The largest absolute Gasteiger partial charge is 0.325 e. The molecule has 0 fully saturated rings. The molecule has 8 nitrogen and oxygen atoms in total. The van der Waals surface area contributed by atoms with Crippen molar-refractivity contribution in [2.45, 2.75) is 13.8 Å². The molecule has 2 aromatic carbocycles. The van der Waals surface area contributed by atoms with Crippen LogP contribution in [0.25, 0.3) is 0 Å². The minimum Gasteiger partial charge on any atom is -0.325 e. The number of amides is 2. The van der Waals surface area contributed by atoms with Crippen LogP contribution in [0.15, 0.2) is 42.5 Å². The Morgan fingerprint density at radius 2 is 1.79 bits per heavy atom. The summed E-state index contributed by atoms with van der Waals surface area (Å²) in [7, 11) is 1.59. The van der Waals surface area contributed by atoms with Crippen LogP contribution in [0, 0.1) is 17.0 Å². The van der Waals surface area contributed by atoms with Gasteiger partial charge in [0.2, 0.25) is 11.8 Å². The number of halogens is 1. The van der Waals surface area contributed by atoms with Gasteiger partial charge in [0.15, 0.2) is 0 Å². The third-order valence-electron chi connectivity index (χ3n) is 4.47. The van der Waals surface area contributed by atoms with Crippen LogP contribution < -0.4 is 10.2 Å². The number of nitro benzene ring substituents is 1. The van der Waals surface area contributed by atoms with Gasteiger partial charge in [0, 0.05) is 35.6 Å². The summed E-state index contributed by atoms with van der Waals surface area (Å²) in [5.74, 6) is -0.476. The van der Waals surface area contributed by atoms with Crippen molar-refractivity contribution in [2.75, 3.05) is 36.9 Å². The molecule has 29 heavy (non-hydrogen) atoms. The van der Waals surface area contributed by atoms with Gasteiger partial charge in [-0.05, 0) is 43.3 Å². The molecule has 0 unspecified atom stereocenters. The van der Waals surface area contributed by atoms with Gasteiger partial charge in [-0.1, -0.05) is 24.6 Å². The van der Waals surface area contributed by atoms with E-state index < -0.39 is 4.92 Å². The van der Waals surface area contributed by atoms with Crippen molar-refractivity contribution in [2.24, 2.45) is 0 Å². The number of anilines is 2. The summed E-state index contributed by atoms with van der Waals surface area (Å²) in [6.45, 7) is 4.30. The highest BCUT2D eigenvalue weighted by atomic mass is 35.5. The minimum absolute atomic E-state index is 0.0337. The van der Waals surface area contributed by atoms with E-state index in [9.17, 15) is 19.7 Å². The van der Waals surface area contributed by atoms with Crippen molar-refractivity contribution in [1.29, 1.82) is 0 Å². The molecule has 0 aliphatic carbocycles. The highest BCUT2D eigenvalue weighted by Gasteiger charge is 2.18. The Bertz CT molecular complexity index is 902. The molecule has 0 saturated carbocycles. The molecular formula is C20H23ClN4O4. The molecule has 0 aliphatic heterocycles. The van der Waals surface area contributed by atoms with Gasteiger partial charge in [-0.15, -0.1) is 0 Å². The third kappa shape index (κ3) is 6.27. The van der Waals surface area contributed by atoms with Crippen molar-refractivity contribution < 1.29 is 14.5 Å². The van der Waals surface area contributed by atoms with E-state index >= 15 is 0 Å². The van der Waals surface area contributed by atoms with Gasteiger partial charge in [0.1, 0.15) is 0 Å². The van der Waals surface area contributed by atoms with Crippen LogP contribution >= 0.6 is 11.6 Å². The number of carbonyl (C=O) groups excluding carboxylic acids is 2. The topological polar surface area (TPSA) is 95.8 Å². The normalized spacial score (nSPS) is 10.7. The number of hydrogen-bond donors (Lipinski definition) is 1. The monoisotopic (exact) mass is 418 g/mol. The SMILES string of the molecule is CCN(CC(=O)Nc1cc(Cl)ccc1C)CC(=O)N(C)c1ccc([N+](=O)[O-])cc1. The van der Waals surface area contributed by atoms with Crippen molar-refractivity contribution in [1.82, 2.24) is 4.90 Å². The van der Waals surface area contributed by atoms with E-state index in [2.05, 4.69) is 5.32 Å². The number of benzene rings is 2. The summed E-state index contributed by atoms with van der Waals surface area (Å²) in [5.41, 5.74) is 2.01. The zero-order chi connectivity index (χ0) is 21.6. The fraction of sp³-hybridized carbons (Fsp3) is 0.300.